The van der Waals surface area contributed by atoms with Crippen molar-refractivity contribution in [1.29, 1.82) is 0 Å². The summed E-state index contributed by atoms with van der Waals surface area (Å²) in [4.78, 5) is 17.3. The second kappa shape index (κ2) is 5.79. The summed E-state index contributed by atoms with van der Waals surface area (Å²) < 4.78 is 28.8. The molecule has 3 saturated heterocycles. The average molecular weight is 374 g/mol. The van der Waals surface area contributed by atoms with E-state index in [-0.39, 0.29) is 16.8 Å². The Morgan fingerprint density at radius 1 is 1.15 bits per heavy atom. The van der Waals surface area contributed by atoms with Crippen LogP contribution in [0.3, 0.4) is 0 Å². The normalized spacial score (nSPS) is 31.8. The van der Waals surface area contributed by atoms with Crippen LogP contribution in [-0.2, 0) is 14.8 Å². The maximum atomic E-state index is 13.2. The number of likely N-dealkylation sites (tertiary alicyclic amines) is 2. The standard InChI is InChI=1S/C18H22N4O3S/c23-18(21-10-12-8-19-9-13(12)11-21)15-5-3-7-22(15)17-14-4-1-2-6-16(14)26(24,25)20-17/h1-2,4,6,12-13,15,19H,3,5,7-11H2/t12-,13+,15?. The molecule has 1 aromatic carbocycles. The van der Waals surface area contributed by atoms with Gasteiger partial charge in [-0.25, -0.2) is 0 Å². The van der Waals surface area contributed by atoms with Crippen LogP contribution in [0.25, 0.3) is 0 Å². The maximum absolute atomic E-state index is 13.2. The number of hydrogen-bond donors (Lipinski definition) is 1. The molecular formula is C18H22N4O3S. The van der Waals surface area contributed by atoms with Crippen molar-refractivity contribution in [2.24, 2.45) is 16.2 Å². The highest BCUT2D eigenvalue weighted by atomic mass is 32.2. The second-order valence-electron chi connectivity index (χ2n) is 7.66. The van der Waals surface area contributed by atoms with Crippen LogP contribution in [0.1, 0.15) is 18.4 Å². The lowest BCUT2D eigenvalue weighted by Gasteiger charge is -2.29. The minimum Gasteiger partial charge on any atom is -0.343 e. The van der Waals surface area contributed by atoms with Crippen molar-refractivity contribution in [2.75, 3.05) is 32.7 Å². The topological polar surface area (TPSA) is 82.1 Å². The SMILES string of the molecule is O=C(C1CCCN1C1=NS(=O)(=O)c2ccccc21)N1C[C@H]2CNC[C@H]2C1. The summed E-state index contributed by atoms with van der Waals surface area (Å²) in [6, 6.07) is 6.59. The van der Waals surface area contributed by atoms with Gasteiger partial charge in [-0.2, -0.15) is 8.42 Å². The largest absolute Gasteiger partial charge is 0.343 e. The molecule has 8 heteroatoms. The number of benzene rings is 1. The summed E-state index contributed by atoms with van der Waals surface area (Å²) in [5.41, 5.74) is 0.620. The molecule has 138 valence electrons. The molecule has 0 radical (unpaired) electrons. The Bertz CT molecular complexity index is 885. The highest BCUT2D eigenvalue weighted by molar-refractivity contribution is 7.90. The second-order valence-corrected chi connectivity index (χ2v) is 9.23. The number of hydrogen-bond acceptors (Lipinski definition) is 5. The smallest absolute Gasteiger partial charge is 0.285 e. The molecule has 0 saturated carbocycles. The van der Waals surface area contributed by atoms with Crippen LogP contribution in [-0.4, -0.2) is 68.7 Å². The molecule has 1 aromatic rings. The zero-order valence-electron chi connectivity index (χ0n) is 14.5. The molecule has 26 heavy (non-hydrogen) atoms. The minimum atomic E-state index is -3.66. The van der Waals surface area contributed by atoms with Gasteiger partial charge in [0.15, 0.2) is 5.84 Å². The Kier molecular flexibility index (Phi) is 3.62. The van der Waals surface area contributed by atoms with Crippen molar-refractivity contribution in [3.8, 4) is 0 Å². The number of amidine groups is 1. The molecule has 3 atom stereocenters. The Balaban J connectivity index is 1.43. The number of carbonyl (C=O) groups is 1. The van der Waals surface area contributed by atoms with E-state index in [1.54, 1.807) is 18.2 Å². The van der Waals surface area contributed by atoms with E-state index < -0.39 is 10.0 Å². The first-order chi connectivity index (χ1) is 12.5. The summed E-state index contributed by atoms with van der Waals surface area (Å²) in [6.45, 7) is 4.26. The molecule has 0 spiro atoms. The lowest BCUT2D eigenvalue weighted by atomic mass is 10.0. The lowest BCUT2D eigenvalue weighted by molar-refractivity contribution is -0.134. The number of rotatable bonds is 1. The lowest BCUT2D eigenvalue weighted by Crippen LogP contribution is -2.47. The van der Waals surface area contributed by atoms with Crippen LogP contribution in [0, 0.1) is 11.8 Å². The molecule has 1 N–H and O–H groups in total. The van der Waals surface area contributed by atoms with Crippen LogP contribution in [0.2, 0.25) is 0 Å². The van der Waals surface area contributed by atoms with Gasteiger partial charge >= 0.3 is 0 Å². The van der Waals surface area contributed by atoms with Crippen molar-refractivity contribution >= 4 is 21.8 Å². The number of nitrogens with one attached hydrogen (secondary N) is 1. The third-order valence-corrected chi connectivity index (χ3v) is 7.45. The maximum Gasteiger partial charge on any atom is 0.285 e. The van der Waals surface area contributed by atoms with Gasteiger partial charge in [-0.05, 0) is 36.8 Å². The fourth-order valence-corrected chi connectivity index (χ4v) is 6.04. The zero-order valence-corrected chi connectivity index (χ0v) is 15.3. The van der Waals surface area contributed by atoms with Crippen LogP contribution in [0.4, 0.5) is 0 Å². The van der Waals surface area contributed by atoms with E-state index in [1.807, 2.05) is 15.9 Å². The number of amides is 1. The Labute approximate surface area is 153 Å². The van der Waals surface area contributed by atoms with E-state index in [0.717, 1.165) is 39.0 Å². The molecule has 0 aliphatic carbocycles. The van der Waals surface area contributed by atoms with Crippen molar-refractivity contribution in [3.63, 3.8) is 0 Å². The third-order valence-electron chi connectivity index (χ3n) is 6.12. The Hall–Kier alpha value is -1.93. The minimum absolute atomic E-state index is 0.126. The molecule has 1 amide bonds. The van der Waals surface area contributed by atoms with Crippen LogP contribution in [0.15, 0.2) is 33.6 Å². The van der Waals surface area contributed by atoms with Crippen molar-refractivity contribution < 1.29 is 13.2 Å². The van der Waals surface area contributed by atoms with Gasteiger partial charge in [-0.1, -0.05) is 12.1 Å². The molecule has 0 aromatic heterocycles. The Morgan fingerprint density at radius 3 is 2.65 bits per heavy atom. The van der Waals surface area contributed by atoms with E-state index in [1.165, 1.54) is 0 Å². The van der Waals surface area contributed by atoms with E-state index in [4.69, 9.17) is 0 Å². The first-order valence-electron chi connectivity index (χ1n) is 9.25. The van der Waals surface area contributed by atoms with Gasteiger partial charge < -0.3 is 15.1 Å². The predicted octanol–water partition coefficient (Wildman–Crippen LogP) is 0.278. The molecule has 3 fully saturated rings. The first-order valence-corrected chi connectivity index (χ1v) is 10.7. The summed E-state index contributed by atoms with van der Waals surface area (Å²) in [6.07, 6.45) is 1.63. The van der Waals surface area contributed by atoms with Crippen LogP contribution >= 0.6 is 0 Å². The van der Waals surface area contributed by atoms with Gasteiger partial charge in [0.1, 0.15) is 10.9 Å². The van der Waals surface area contributed by atoms with E-state index >= 15 is 0 Å². The van der Waals surface area contributed by atoms with Gasteiger partial charge in [0.05, 0.1) is 0 Å². The van der Waals surface area contributed by atoms with E-state index in [2.05, 4.69) is 9.71 Å². The van der Waals surface area contributed by atoms with Crippen molar-refractivity contribution in [1.82, 2.24) is 15.1 Å². The quantitative estimate of drug-likeness (QED) is 0.763. The first kappa shape index (κ1) is 16.3. The van der Waals surface area contributed by atoms with Gasteiger partial charge in [0.25, 0.3) is 10.0 Å². The fourth-order valence-electron chi connectivity index (χ4n) is 4.82. The molecule has 7 nitrogen and oxygen atoms in total. The summed E-state index contributed by atoms with van der Waals surface area (Å²) in [7, 11) is -3.66. The molecule has 0 bridgehead atoms. The highest BCUT2D eigenvalue weighted by Crippen LogP contribution is 2.33. The van der Waals surface area contributed by atoms with Gasteiger partial charge in [0, 0.05) is 38.3 Å². The zero-order chi connectivity index (χ0) is 17.9. The average Bonchev–Trinajstić information content (AvgIpc) is 3.36. The molecule has 5 rings (SSSR count). The summed E-state index contributed by atoms with van der Waals surface area (Å²) >= 11 is 0. The van der Waals surface area contributed by atoms with Crippen LogP contribution in [0.5, 0.6) is 0 Å². The van der Waals surface area contributed by atoms with Gasteiger partial charge in [-0.15, -0.1) is 4.40 Å². The van der Waals surface area contributed by atoms with Crippen molar-refractivity contribution in [3.05, 3.63) is 29.8 Å². The van der Waals surface area contributed by atoms with Gasteiger partial charge in [0.2, 0.25) is 5.91 Å². The van der Waals surface area contributed by atoms with Gasteiger partial charge in [-0.3, -0.25) is 4.79 Å². The predicted molar refractivity (Wildman–Crippen MR) is 96.3 cm³/mol. The van der Waals surface area contributed by atoms with E-state index in [9.17, 15) is 13.2 Å². The van der Waals surface area contributed by atoms with Crippen molar-refractivity contribution in [2.45, 2.75) is 23.8 Å². The summed E-state index contributed by atoms with van der Waals surface area (Å²) in [5.74, 6) is 1.68. The number of carbonyl (C=O) groups excluding carboxylic acids is 1. The Morgan fingerprint density at radius 2 is 1.88 bits per heavy atom. The highest BCUT2D eigenvalue weighted by Gasteiger charge is 2.44. The number of sulfonamides is 1. The van der Waals surface area contributed by atoms with E-state index in [0.29, 0.717) is 29.8 Å². The number of fused-ring (bicyclic) bond motifs is 2. The van der Waals surface area contributed by atoms with Crippen LogP contribution < -0.4 is 5.32 Å². The molecule has 4 aliphatic rings. The molecule has 1 unspecified atom stereocenters. The third kappa shape index (κ3) is 2.39. The molecule has 4 heterocycles. The molecular weight excluding hydrogens is 352 g/mol. The summed E-state index contributed by atoms with van der Waals surface area (Å²) in [5, 5.41) is 3.39. The fraction of sp³-hybridized carbons (Fsp3) is 0.556. The number of nitrogens with zero attached hydrogens (tertiary/aromatic N) is 3. The monoisotopic (exact) mass is 374 g/mol. The molecule has 4 aliphatic heterocycles.